The Morgan fingerprint density at radius 3 is 1.54 bits per heavy atom. The summed E-state index contributed by atoms with van der Waals surface area (Å²) in [6.07, 6.45) is 2.19. The fourth-order valence-electron chi connectivity index (χ4n) is 6.18. The van der Waals surface area contributed by atoms with Gasteiger partial charge < -0.3 is 4.98 Å². The van der Waals surface area contributed by atoms with Gasteiger partial charge in [-0.3, -0.25) is 0 Å². The number of aromatic amines is 1. The second kappa shape index (κ2) is 6.94. The Kier molecular flexibility index (Phi) is 3.72. The molecule has 8 rings (SSSR count). The molecule has 0 atom stereocenters. The molecule has 0 saturated carbocycles. The number of fused-ring (bicyclic) bond motifs is 7. The van der Waals surface area contributed by atoms with E-state index in [4.69, 9.17) is 0 Å². The van der Waals surface area contributed by atoms with Crippen LogP contribution in [0.3, 0.4) is 0 Å². The summed E-state index contributed by atoms with van der Waals surface area (Å²) in [6.45, 7) is 0. The normalized spacial score (nSPS) is 14.1. The summed E-state index contributed by atoms with van der Waals surface area (Å²) in [7, 11) is 0. The van der Waals surface area contributed by atoms with E-state index >= 15 is 0 Å². The molecule has 6 aromatic rings. The molecule has 0 radical (unpaired) electrons. The molecular weight excluding hydrogens is 422 g/mol. The average molecular weight is 444 g/mol. The Labute approximate surface area is 203 Å². The van der Waals surface area contributed by atoms with Gasteiger partial charge in [-0.2, -0.15) is 0 Å². The van der Waals surface area contributed by atoms with Crippen LogP contribution in [0.4, 0.5) is 0 Å². The Morgan fingerprint density at radius 1 is 0.343 bits per heavy atom. The molecule has 5 aromatic carbocycles. The quantitative estimate of drug-likeness (QED) is 0.276. The van der Waals surface area contributed by atoms with Gasteiger partial charge in [-0.25, -0.2) is 0 Å². The first-order chi connectivity index (χ1) is 17.4. The highest BCUT2D eigenvalue weighted by Crippen LogP contribution is 2.59. The first kappa shape index (κ1) is 18.8. The molecule has 1 heteroatoms. The van der Waals surface area contributed by atoms with Crippen molar-refractivity contribution in [3.8, 4) is 0 Å². The molecule has 1 aromatic heterocycles. The lowest BCUT2D eigenvalue weighted by Crippen LogP contribution is -1.93. The molecule has 0 fully saturated rings. The predicted octanol–water partition coefficient (Wildman–Crippen LogP) is 8.57. The van der Waals surface area contributed by atoms with Gasteiger partial charge in [-0.05, 0) is 61.4 Å². The van der Waals surface area contributed by atoms with Crippen LogP contribution in [-0.4, -0.2) is 4.98 Å². The standard InChI is InChI=1S/C34H21N/c1-2-12-22-21(10-1)11-9-18-24(22)31-25-14-3-5-16-27(25)34-32(26-15-4-6-17-28(26)33(31)34)29-20-35-30-19-8-7-13-23(29)30/h1-20,35H. The van der Waals surface area contributed by atoms with Crippen LogP contribution in [0.2, 0.25) is 0 Å². The monoisotopic (exact) mass is 443 g/mol. The Bertz CT molecular complexity index is 1890. The van der Waals surface area contributed by atoms with Crippen molar-refractivity contribution in [3.63, 3.8) is 0 Å². The lowest BCUT2D eigenvalue weighted by atomic mass is 9.90. The van der Waals surface area contributed by atoms with Crippen LogP contribution in [-0.2, 0) is 0 Å². The van der Waals surface area contributed by atoms with Gasteiger partial charge in [0.2, 0.25) is 0 Å². The molecule has 0 amide bonds. The highest BCUT2D eigenvalue weighted by Gasteiger charge is 2.37. The van der Waals surface area contributed by atoms with E-state index in [2.05, 4.69) is 126 Å². The minimum absolute atomic E-state index is 1.17. The van der Waals surface area contributed by atoms with Gasteiger partial charge in [0.05, 0.1) is 0 Å². The maximum atomic E-state index is 3.52. The van der Waals surface area contributed by atoms with E-state index in [1.165, 1.54) is 77.3 Å². The van der Waals surface area contributed by atoms with Gasteiger partial charge in [0, 0.05) is 28.2 Å². The molecule has 0 aliphatic heterocycles. The number of aromatic nitrogens is 1. The van der Waals surface area contributed by atoms with Crippen molar-refractivity contribution in [1.29, 1.82) is 0 Å². The zero-order chi connectivity index (χ0) is 22.9. The van der Waals surface area contributed by atoms with E-state index in [1.807, 2.05) is 0 Å². The Hall–Kier alpha value is -4.62. The third-order valence-electron chi connectivity index (χ3n) is 7.60. The predicted molar refractivity (Wildman–Crippen MR) is 147 cm³/mol. The van der Waals surface area contributed by atoms with E-state index in [9.17, 15) is 0 Å². The molecule has 0 unspecified atom stereocenters. The van der Waals surface area contributed by atoms with E-state index in [0.29, 0.717) is 0 Å². The van der Waals surface area contributed by atoms with Crippen molar-refractivity contribution in [3.05, 3.63) is 155 Å². The van der Waals surface area contributed by atoms with Crippen molar-refractivity contribution >= 4 is 44.0 Å². The first-order valence-corrected chi connectivity index (χ1v) is 12.1. The number of hydrogen-bond donors (Lipinski definition) is 1. The van der Waals surface area contributed by atoms with Gasteiger partial charge in [0.25, 0.3) is 0 Å². The van der Waals surface area contributed by atoms with Crippen LogP contribution in [0.5, 0.6) is 0 Å². The summed E-state index contributed by atoms with van der Waals surface area (Å²) in [5, 5.41) is 3.84. The summed E-state index contributed by atoms with van der Waals surface area (Å²) in [5.74, 6) is 0. The van der Waals surface area contributed by atoms with Gasteiger partial charge in [0.15, 0.2) is 0 Å². The molecular formula is C34H21N. The van der Waals surface area contributed by atoms with E-state index in [-0.39, 0.29) is 0 Å². The van der Waals surface area contributed by atoms with Gasteiger partial charge in [-0.15, -0.1) is 0 Å². The van der Waals surface area contributed by atoms with Gasteiger partial charge in [-0.1, -0.05) is 109 Å². The molecule has 2 aliphatic carbocycles. The van der Waals surface area contributed by atoms with Crippen molar-refractivity contribution in [2.24, 2.45) is 0 Å². The van der Waals surface area contributed by atoms with Gasteiger partial charge in [0.1, 0.15) is 0 Å². The van der Waals surface area contributed by atoms with Crippen molar-refractivity contribution < 1.29 is 0 Å². The maximum absolute atomic E-state index is 3.52. The molecule has 1 nitrogen and oxygen atoms in total. The molecule has 1 heterocycles. The molecule has 0 bridgehead atoms. The second-order valence-corrected chi connectivity index (χ2v) is 9.37. The van der Waals surface area contributed by atoms with Crippen molar-refractivity contribution in [2.45, 2.75) is 0 Å². The minimum atomic E-state index is 1.17. The lowest BCUT2D eigenvalue weighted by Gasteiger charge is -2.13. The van der Waals surface area contributed by atoms with Crippen LogP contribution in [0.1, 0.15) is 33.4 Å². The Morgan fingerprint density at radius 2 is 0.829 bits per heavy atom. The van der Waals surface area contributed by atoms with Crippen LogP contribution in [0.25, 0.3) is 44.0 Å². The topological polar surface area (TPSA) is 15.8 Å². The summed E-state index contributed by atoms with van der Waals surface area (Å²) < 4.78 is 0. The lowest BCUT2D eigenvalue weighted by molar-refractivity contribution is 1.46. The zero-order valence-electron chi connectivity index (χ0n) is 19.0. The fraction of sp³-hybridized carbons (Fsp3) is 0. The number of benzene rings is 5. The first-order valence-electron chi connectivity index (χ1n) is 12.1. The average Bonchev–Trinajstić information content (AvgIpc) is 3.58. The summed E-state index contributed by atoms with van der Waals surface area (Å²) in [5.41, 5.74) is 14.4. The summed E-state index contributed by atoms with van der Waals surface area (Å²) in [6, 6.07) is 41.9. The van der Waals surface area contributed by atoms with E-state index < -0.39 is 0 Å². The molecule has 35 heavy (non-hydrogen) atoms. The maximum Gasteiger partial charge on any atom is 0.0460 e. The number of H-pyrrole nitrogens is 1. The molecule has 2 aliphatic rings. The van der Waals surface area contributed by atoms with Crippen molar-refractivity contribution in [2.75, 3.05) is 0 Å². The molecule has 1 N–H and O–H groups in total. The highest BCUT2D eigenvalue weighted by atomic mass is 14.7. The van der Waals surface area contributed by atoms with Crippen LogP contribution >= 0.6 is 0 Å². The smallest absolute Gasteiger partial charge is 0.0460 e. The number of hydrogen-bond acceptors (Lipinski definition) is 0. The Balaban J connectivity index is 1.56. The molecule has 0 saturated heterocycles. The third-order valence-corrected chi connectivity index (χ3v) is 7.60. The zero-order valence-corrected chi connectivity index (χ0v) is 19.0. The van der Waals surface area contributed by atoms with E-state index in [0.717, 1.165) is 0 Å². The SMILES string of the molecule is c1ccc2c(c1)C1=C(c3c[nH]c4ccccc34)c3ccccc3C1=C2c1cccc2ccccc12. The molecule has 162 valence electrons. The highest BCUT2D eigenvalue weighted by molar-refractivity contribution is 6.36. The fourth-order valence-corrected chi connectivity index (χ4v) is 6.18. The largest absolute Gasteiger partial charge is 0.361 e. The van der Waals surface area contributed by atoms with Crippen LogP contribution in [0, 0.1) is 0 Å². The van der Waals surface area contributed by atoms with Crippen LogP contribution in [0.15, 0.2) is 121 Å². The number of para-hydroxylation sites is 1. The minimum Gasteiger partial charge on any atom is -0.361 e. The summed E-state index contributed by atoms with van der Waals surface area (Å²) in [4.78, 5) is 3.52. The molecule has 0 spiro atoms. The number of nitrogens with one attached hydrogen (secondary N) is 1. The second-order valence-electron chi connectivity index (χ2n) is 9.37. The van der Waals surface area contributed by atoms with Crippen molar-refractivity contribution in [1.82, 2.24) is 4.98 Å². The summed E-state index contributed by atoms with van der Waals surface area (Å²) >= 11 is 0. The third kappa shape index (κ3) is 2.47. The van der Waals surface area contributed by atoms with E-state index in [1.54, 1.807) is 0 Å². The number of rotatable bonds is 2. The number of allylic oxidation sites excluding steroid dienone is 2. The van der Waals surface area contributed by atoms with Crippen LogP contribution < -0.4 is 0 Å². The van der Waals surface area contributed by atoms with Gasteiger partial charge >= 0.3 is 0 Å².